The average Bonchev–Trinajstić information content (AvgIpc) is 2.60. The Morgan fingerprint density at radius 1 is 1.00 bits per heavy atom. The molecule has 0 aromatic heterocycles. The van der Waals surface area contributed by atoms with Gasteiger partial charge in [0.15, 0.2) is 5.78 Å². The van der Waals surface area contributed by atoms with Gasteiger partial charge in [-0.2, -0.15) is 0 Å². The lowest BCUT2D eigenvalue weighted by Crippen LogP contribution is -2.49. The molecular weight excluding hydrogens is 372 g/mol. The van der Waals surface area contributed by atoms with Crippen LogP contribution in [0, 0.1) is 6.92 Å². The topological polar surface area (TPSA) is 46.5 Å². The summed E-state index contributed by atoms with van der Waals surface area (Å²) >= 11 is 6.11. The molecule has 28 heavy (non-hydrogen) atoms. The van der Waals surface area contributed by atoms with Crippen LogP contribution in [0.25, 0.3) is 16.7 Å². The van der Waals surface area contributed by atoms with Crippen molar-refractivity contribution in [2.75, 3.05) is 0 Å². The van der Waals surface area contributed by atoms with Crippen molar-refractivity contribution in [3.63, 3.8) is 0 Å². The largest absolute Gasteiger partial charge is 0.508 e. The van der Waals surface area contributed by atoms with Crippen LogP contribution in [0.15, 0.2) is 42.2 Å². The lowest BCUT2D eigenvalue weighted by molar-refractivity contribution is -0.158. The van der Waals surface area contributed by atoms with Crippen molar-refractivity contribution in [2.24, 2.45) is 0 Å². The van der Waals surface area contributed by atoms with E-state index in [4.69, 9.17) is 16.3 Å². The summed E-state index contributed by atoms with van der Waals surface area (Å²) in [7, 11) is 0. The van der Waals surface area contributed by atoms with Crippen LogP contribution in [-0.4, -0.2) is 22.1 Å². The van der Waals surface area contributed by atoms with Crippen molar-refractivity contribution in [3.05, 3.63) is 63.9 Å². The number of ether oxygens (including phenoxy) is 1. The van der Waals surface area contributed by atoms with Gasteiger partial charge < -0.3 is 9.84 Å². The Labute approximate surface area is 172 Å². The quantitative estimate of drug-likeness (QED) is 0.659. The molecule has 0 saturated heterocycles. The van der Waals surface area contributed by atoms with Gasteiger partial charge in [-0.1, -0.05) is 36.7 Å². The van der Waals surface area contributed by atoms with Crippen molar-refractivity contribution >= 4 is 23.0 Å². The second-order valence-corrected chi connectivity index (χ2v) is 8.80. The Morgan fingerprint density at radius 2 is 1.68 bits per heavy atom. The molecule has 3 nitrogen and oxygen atoms in total. The number of hydrogen-bond donors (Lipinski definition) is 1. The zero-order chi connectivity index (χ0) is 20.9. The van der Waals surface area contributed by atoms with Crippen LogP contribution in [-0.2, 0) is 16.0 Å². The van der Waals surface area contributed by atoms with Gasteiger partial charge in [-0.3, -0.25) is 4.79 Å². The number of aliphatic hydroxyl groups is 1. The third-order valence-corrected chi connectivity index (χ3v) is 5.59. The van der Waals surface area contributed by atoms with Gasteiger partial charge in [-0.05, 0) is 87.1 Å². The van der Waals surface area contributed by atoms with E-state index in [1.165, 1.54) is 0 Å². The maximum atomic E-state index is 13.2. The van der Waals surface area contributed by atoms with E-state index >= 15 is 0 Å². The van der Waals surface area contributed by atoms with E-state index in [1.807, 2.05) is 44.2 Å². The minimum atomic E-state index is -1.01. The lowest BCUT2D eigenvalue weighted by atomic mass is 9.80. The van der Waals surface area contributed by atoms with E-state index in [9.17, 15) is 9.90 Å². The highest BCUT2D eigenvalue weighted by Gasteiger charge is 2.47. The number of hydrogen-bond acceptors (Lipinski definition) is 3. The SMILES string of the molecule is CCc1ccc(-c2ccc(Cl)cc2C)cc1C1=C(O)C(C)(C)OC(C)(C)C1=O. The molecule has 3 rings (SSSR count). The molecule has 0 aliphatic carbocycles. The van der Waals surface area contributed by atoms with Crippen molar-refractivity contribution in [3.8, 4) is 11.1 Å². The zero-order valence-corrected chi connectivity index (χ0v) is 18.1. The highest BCUT2D eigenvalue weighted by Crippen LogP contribution is 2.42. The number of carbonyl (C=O) groups is 1. The summed E-state index contributed by atoms with van der Waals surface area (Å²) in [6.45, 7) is 11.1. The molecule has 1 aliphatic heterocycles. The summed E-state index contributed by atoms with van der Waals surface area (Å²) in [5, 5.41) is 11.6. The van der Waals surface area contributed by atoms with Gasteiger partial charge in [0.25, 0.3) is 0 Å². The minimum absolute atomic E-state index is 0.0171. The third kappa shape index (κ3) is 3.49. The summed E-state index contributed by atoms with van der Waals surface area (Å²) in [5.41, 5.74) is 3.26. The van der Waals surface area contributed by atoms with Gasteiger partial charge in [0.2, 0.25) is 0 Å². The van der Waals surface area contributed by atoms with Gasteiger partial charge in [-0.25, -0.2) is 0 Å². The molecule has 0 atom stereocenters. The molecule has 0 unspecified atom stereocenters. The van der Waals surface area contributed by atoms with Crippen molar-refractivity contribution in [2.45, 2.75) is 59.2 Å². The summed E-state index contributed by atoms with van der Waals surface area (Å²) in [5.74, 6) is -0.222. The van der Waals surface area contributed by atoms with E-state index < -0.39 is 11.2 Å². The first-order valence-corrected chi connectivity index (χ1v) is 9.94. The van der Waals surface area contributed by atoms with E-state index in [0.29, 0.717) is 10.6 Å². The third-order valence-electron chi connectivity index (χ3n) is 5.35. The zero-order valence-electron chi connectivity index (χ0n) is 17.3. The highest BCUT2D eigenvalue weighted by atomic mass is 35.5. The molecule has 1 aliphatic rings. The molecule has 0 fully saturated rings. The summed E-state index contributed by atoms with van der Waals surface area (Å²) in [6.07, 6.45) is 0.751. The van der Waals surface area contributed by atoms with E-state index in [2.05, 4.69) is 6.07 Å². The smallest absolute Gasteiger partial charge is 0.198 e. The molecule has 148 valence electrons. The fraction of sp³-hybridized carbons (Fsp3) is 0.375. The van der Waals surface area contributed by atoms with E-state index in [-0.39, 0.29) is 11.5 Å². The van der Waals surface area contributed by atoms with Crippen LogP contribution in [0.2, 0.25) is 5.02 Å². The van der Waals surface area contributed by atoms with Crippen LogP contribution < -0.4 is 0 Å². The van der Waals surface area contributed by atoms with Gasteiger partial charge in [0.05, 0.1) is 5.57 Å². The Hall–Kier alpha value is -2.10. The van der Waals surface area contributed by atoms with Crippen molar-refractivity contribution in [1.29, 1.82) is 0 Å². The van der Waals surface area contributed by atoms with Gasteiger partial charge in [0, 0.05) is 5.02 Å². The molecule has 0 radical (unpaired) electrons. The Kier molecular flexibility index (Phi) is 5.20. The molecule has 0 bridgehead atoms. The highest BCUT2D eigenvalue weighted by molar-refractivity contribution is 6.30. The molecule has 0 spiro atoms. The summed E-state index contributed by atoms with van der Waals surface area (Å²) < 4.78 is 5.89. The van der Waals surface area contributed by atoms with Gasteiger partial charge >= 0.3 is 0 Å². The Balaban J connectivity index is 2.27. The Bertz CT molecular complexity index is 983. The van der Waals surface area contributed by atoms with Crippen LogP contribution in [0.5, 0.6) is 0 Å². The van der Waals surface area contributed by atoms with Crippen LogP contribution in [0.4, 0.5) is 0 Å². The maximum Gasteiger partial charge on any atom is 0.198 e. The second kappa shape index (κ2) is 7.06. The van der Waals surface area contributed by atoms with E-state index in [0.717, 1.165) is 34.2 Å². The number of ketones is 1. The van der Waals surface area contributed by atoms with Crippen molar-refractivity contribution in [1.82, 2.24) is 0 Å². The molecule has 2 aromatic rings. The first kappa shape index (κ1) is 20.6. The van der Waals surface area contributed by atoms with Crippen molar-refractivity contribution < 1.29 is 14.6 Å². The monoisotopic (exact) mass is 398 g/mol. The number of aliphatic hydroxyl groups excluding tert-OH is 1. The fourth-order valence-corrected chi connectivity index (χ4v) is 4.15. The first-order chi connectivity index (χ1) is 13.0. The number of Topliss-reactive ketones (excluding diaryl/α,β-unsaturated/α-hetero) is 1. The Morgan fingerprint density at radius 3 is 2.29 bits per heavy atom. The predicted octanol–water partition coefficient (Wildman–Crippen LogP) is 6.30. The summed E-state index contributed by atoms with van der Waals surface area (Å²) in [4.78, 5) is 13.2. The normalized spacial score (nSPS) is 18.5. The maximum absolute atomic E-state index is 13.2. The molecular formula is C24H27ClO3. The molecule has 4 heteroatoms. The molecule has 1 N–H and O–H groups in total. The molecule has 0 amide bonds. The second-order valence-electron chi connectivity index (χ2n) is 8.36. The van der Waals surface area contributed by atoms with Crippen LogP contribution in [0.3, 0.4) is 0 Å². The number of aryl methyl sites for hydroxylation is 2. The molecule has 0 saturated carbocycles. The lowest BCUT2D eigenvalue weighted by Gasteiger charge is -2.40. The number of halogens is 1. The van der Waals surface area contributed by atoms with E-state index in [1.54, 1.807) is 27.7 Å². The standard InChI is InChI=1S/C24H27ClO3/c1-7-15-8-9-16(18-11-10-17(25)12-14(18)2)13-19(15)20-21(26)23(3,4)28-24(5,6)22(20)27/h8-13,26H,7H2,1-6H3. The number of benzene rings is 2. The van der Waals surface area contributed by atoms with Gasteiger partial charge in [0.1, 0.15) is 17.0 Å². The average molecular weight is 399 g/mol. The van der Waals surface area contributed by atoms with Crippen LogP contribution in [0.1, 0.15) is 51.3 Å². The summed E-state index contributed by atoms with van der Waals surface area (Å²) in [6, 6.07) is 11.8. The van der Waals surface area contributed by atoms with Gasteiger partial charge in [-0.15, -0.1) is 0 Å². The van der Waals surface area contributed by atoms with Crippen LogP contribution >= 0.6 is 11.6 Å². The fourth-order valence-electron chi connectivity index (χ4n) is 3.93. The predicted molar refractivity (Wildman–Crippen MR) is 115 cm³/mol. The molecule has 2 aromatic carbocycles. The minimum Gasteiger partial charge on any atom is -0.508 e. The number of carbonyl (C=O) groups excluding carboxylic acids is 1. The number of rotatable bonds is 3. The molecule has 1 heterocycles. The first-order valence-electron chi connectivity index (χ1n) is 9.56.